The van der Waals surface area contributed by atoms with E-state index in [0.717, 1.165) is 0 Å². The Morgan fingerprint density at radius 3 is 2.61 bits per heavy atom. The summed E-state index contributed by atoms with van der Waals surface area (Å²) in [7, 11) is 0. The van der Waals surface area contributed by atoms with E-state index < -0.39 is 5.91 Å². The number of rotatable bonds is 2. The first-order valence-electron chi connectivity index (χ1n) is 5.22. The van der Waals surface area contributed by atoms with Crippen molar-refractivity contribution in [3.63, 3.8) is 0 Å². The summed E-state index contributed by atoms with van der Waals surface area (Å²) < 4.78 is 0. The van der Waals surface area contributed by atoms with E-state index in [-0.39, 0.29) is 11.3 Å². The maximum Gasteiger partial charge on any atom is 0.259 e. The molecule has 2 rings (SSSR count). The third-order valence-electron chi connectivity index (χ3n) is 2.39. The number of hydrogen-bond acceptors (Lipinski definition) is 3. The highest BCUT2D eigenvalue weighted by Crippen LogP contribution is 2.25. The minimum atomic E-state index is -0.431. The van der Waals surface area contributed by atoms with Crippen LogP contribution in [0.4, 0.5) is 11.4 Å². The van der Waals surface area contributed by atoms with Crippen LogP contribution in [0.5, 0.6) is 5.75 Å². The fourth-order valence-corrected chi connectivity index (χ4v) is 1.72. The molecule has 0 fully saturated rings. The molecule has 92 valence electrons. The Bertz CT molecular complexity index is 599. The second-order valence-electron chi connectivity index (χ2n) is 3.71. The summed E-state index contributed by atoms with van der Waals surface area (Å²) in [5.74, 6) is -0.513. The van der Waals surface area contributed by atoms with Gasteiger partial charge in [-0.25, -0.2) is 0 Å². The molecular weight excluding hydrogens is 252 g/mol. The Hall–Kier alpha value is -2.20. The zero-order valence-electron chi connectivity index (χ0n) is 9.35. The van der Waals surface area contributed by atoms with Crippen molar-refractivity contribution in [2.45, 2.75) is 0 Å². The van der Waals surface area contributed by atoms with Crippen LogP contribution in [0.15, 0.2) is 42.5 Å². The summed E-state index contributed by atoms with van der Waals surface area (Å²) in [4.78, 5) is 11.9. The number of aromatic hydroxyl groups is 1. The number of amides is 1. The van der Waals surface area contributed by atoms with Crippen molar-refractivity contribution in [3.8, 4) is 5.75 Å². The third kappa shape index (κ3) is 2.55. The average molecular weight is 263 g/mol. The summed E-state index contributed by atoms with van der Waals surface area (Å²) in [6.07, 6.45) is 0. The van der Waals surface area contributed by atoms with Crippen LogP contribution < -0.4 is 11.1 Å². The van der Waals surface area contributed by atoms with Gasteiger partial charge in [0, 0.05) is 5.69 Å². The Labute approximate surface area is 109 Å². The summed E-state index contributed by atoms with van der Waals surface area (Å²) in [5.41, 5.74) is 6.70. The summed E-state index contributed by atoms with van der Waals surface area (Å²) in [5, 5.41) is 12.5. The SMILES string of the molecule is Nc1ccc(NC(=O)c2ccccc2O)c(Cl)c1. The highest BCUT2D eigenvalue weighted by Gasteiger charge is 2.11. The Morgan fingerprint density at radius 2 is 1.94 bits per heavy atom. The van der Waals surface area contributed by atoms with Crippen LogP contribution in [0.1, 0.15) is 10.4 Å². The van der Waals surface area contributed by atoms with Gasteiger partial charge in [-0.2, -0.15) is 0 Å². The van der Waals surface area contributed by atoms with Crippen molar-refractivity contribution in [3.05, 3.63) is 53.1 Å². The van der Waals surface area contributed by atoms with Gasteiger partial charge in [0.15, 0.2) is 0 Å². The van der Waals surface area contributed by atoms with Crippen LogP contribution in [-0.4, -0.2) is 11.0 Å². The molecule has 0 saturated carbocycles. The maximum atomic E-state index is 11.9. The number of nitrogen functional groups attached to an aromatic ring is 1. The molecule has 0 saturated heterocycles. The largest absolute Gasteiger partial charge is 0.507 e. The summed E-state index contributed by atoms with van der Waals surface area (Å²) in [6.45, 7) is 0. The van der Waals surface area contributed by atoms with Gasteiger partial charge in [0.1, 0.15) is 5.75 Å². The fraction of sp³-hybridized carbons (Fsp3) is 0. The molecule has 4 N–H and O–H groups in total. The lowest BCUT2D eigenvalue weighted by atomic mass is 10.2. The van der Waals surface area contributed by atoms with Crippen molar-refractivity contribution in [2.75, 3.05) is 11.1 Å². The predicted molar refractivity (Wildman–Crippen MR) is 71.9 cm³/mol. The first kappa shape index (κ1) is 12.3. The molecule has 1 amide bonds. The highest BCUT2D eigenvalue weighted by molar-refractivity contribution is 6.34. The molecule has 0 aliphatic heterocycles. The topological polar surface area (TPSA) is 75.3 Å². The first-order chi connectivity index (χ1) is 8.58. The van der Waals surface area contributed by atoms with Gasteiger partial charge in [-0.05, 0) is 30.3 Å². The number of anilines is 2. The number of phenols is 1. The third-order valence-corrected chi connectivity index (χ3v) is 2.70. The summed E-state index contributed by atoms with van der Waals surface area (Å²) >= 11 is 5.94. The van der Waals surface area contributed by atoms with E-state index in [4.69, 9.17) is 17.3 Å². The number of carbonyl (C=O) groups excluding carboxylic acids is 1. The van der Waals surface area contributed by atoms with E-state index in [1.54, 1.807) is 30.3 Å². The standard InChI is InChI=1S/C13H11ClN2O2/c14-10-7-8(15)5-6-11(10)16-13(18)9-3-1-2-4-12(9)17/h1-7,17H,15H2,(H,16,18). The molecule has 0 aliphatic carbocycles. The molecule has 0 heterocycles. The van der Waals surface area contributed by atoms with Crippen LogP contribution in [-0.2, 0) is 0 Å². The van der Waals surface area contributed by atoms with Gasteiger partial charge in [-0.3, -0.25) is 4.79 Å². The van der Waals surface area contributed by atoms with Crippen LogP contribution >= 0.6 is 11.6 Å². The van der Waals surface area contributed by atoms with Crippen LogP contribution in [0.2, 0.25) is 5.02 Å². The van der Waals surface area contributed by atoms with E-state index in [2.05, 4.69) is 5.32 Å². The average Bonchev–Trinajstić information content (AvgIpc) is 2.33. The quantitative estimate of drug-likeness (QED) is 0.729. The molecule has 2 aromatic rings. The molecule has 0 radical (unpaired) electrons. The molecule has 0 atom stereocenters. The molecule has 18 heavy (non-hydrogen) atoms. The van der Waals surface area contributed by atoms with Gasteiger partial charge in [-0.15, -0.1) is 0 Å². The minimum Gasteiger partial charge on any atom is -0.507 e. The molecular formula is C13H11ClN2O2. The molecule has 4 nitrogen and oxygen atoms in total. The minimum absolute atomic E-state index is 0.0819. The van der Waals surface area contributed by atoms with Gasteiger partial charge in [0.05, 0.1) is 16.3 Å². The molecule has 0 unspecified atom stereocenters. The van der Waals surface area contributed by atoms with Gasteiger partial charge in [0.2, 0.25) is 0 Å². The number of phenolic OH excluding ortho intramolecular Hbond substituents is 1. The predicted octanol–water partition coefficient (Wildman–Crippen LogP) is 2.88. The van der Waals surface area contributed by atoms with Gasteiger partial charge >= 0.3 is 0 Å². The van der Waals surface area contributed by atoms with E-state index in [0.29, 0.717) is 16.4 Å². The van der Waals surface area contributed by atoms with E-state index in [1.165, 1.54) is 12.1 Å². The lowest BCUT2D eigenvalue weighted by molar-refractivity contribution is 0.102. The van der Waals surface area contributed by atoms with Crippen molar-refractivity contribution in [1.29, 1.82) is 0 Å². The van der Waals surface area contributed by atoms with Crippen molar-refractivity contribution in [1.82, 2.24) is 0 Å². The van der Waals surface area contributed by atoms with E-state index in [9.17, 15) is 9.90 Å². The lowest BCUT2D eigenvalue weighted by Gasteiger charge is -2.08. The van der Waals surface area contributed by atoms with E-state index in [1.807, 2.05) is 0 Å². The van der Waals surface area contributed by atoms with Gasteiger partial charge in [-0.1, -0.05) is 23.7 Å². The Kier molecular flexibility index (Phi) is 3.39. The molecule has 2 aromatic carbocycles. The Morgan fingerprint density at radius 1 is 1.22 bits per heavy atom. The maximum absolute atomic E-state index is 11.9. The van der Waals surface area contributed by atoms with Crippen LogP contribution in [0.25, 0.3) is 0 Å². The van der Waals surface area contributed by atoms with Gasteiger partial charge < -0.3 is 16.2 Å². The second-order valence-corrected chi connectivity index (χ2v) is 4.12. The lowest BCUT2D eigenvalue weighted by Crippen LogP contribution is -2.12. The second kappa shape index (κ2) is 4.98. The molecule has 0 aliphatic rings. The van der Waals surface area contributed by atoms with Crippen molar-refractivity contribution >= 4 is 28.9 Å². The molecule has 0 bridgehead atoms. The fourth-order valence-electron chi connectivity index (χ4n) is 1.49. The highest BCUT2D eigenvalue weighted by atomic mass is 35.5. The Balaban J connectivity index is 2.24. The number of halogens is 1. The van der Waals surface area contributed by atoms with Gasteiger partial charge in [0.25, 0.3) is 5.91 Å². The zero-order chi connectivity index (χ0) is 13.1. The zero-order valence-corrected chi connectivity index (χ0v) is 10.1. The first-order valence-corrected chi connectivity index (χ1v) is 5.60. The number of carbonyl (C=O) groups is 1. The molecule has 0 aromatic heterocycles. The molecule has 0 spiro atoms. The van der Waals surface area contributed by atoms with E-state index >= 15 is 0 Å². The number of hydrogen-bond donors (Lipinski definition) is 3. The monoisotopic (exact) mass is 262 g/mol. The van der Waals surface area contributed by atoms with Crippen molar-refractivity contribution in [2.24, 2.45) is 0 Å². The number of benzene rings is 2. The smallest absolute Gasteiger partial charge is 0.259 e. The summed E-state index contributed by atoms with van der Waals surface area (Å²) in [6, 6.07) is 11.1. The van der Waals surface area contributed by atoms with Crippen LogP contribution in [0.3, 0.4) is 0 Å². The number of nitrogens with one attached hydrogen (secondary N) is 1. The van der Waals surface area contributed by atoms with Crippen LogP contribution in [0, 0.1) is 0 Å². The molecule has 5 heteroatoms. The number of nitrogens with two attached hydrogens (primary N) is 1. The normalized spacial score (nSPS) is 10.1. The number of para-hydroxylation sites is 1. The van der Waals surface area contributed by atoms with Crippen molar-refractivity contribution < 1.29 is 9.90 Å².